The van der Waals surface area contributed by atoms with Crippen molar-refractivity contribution in [2.24, 2.45) is 17.6 Å². The number of hydrogen-bond acceptors (Lipinski definition) is 10. The lowest BCUT2D eigenvalue weighted by Gasteiger charge is -2.53. The number of aliphatic hydroxyl groups excluding tert-OH is 3. The third-order valence-electron chi connectivity index (χ3n) is 6.99. The highest BCUT2D eigenvalue weighted by molar-refractivity contribution is 7.45. The Morgan fingerprint density at radius 2 is 1.65 bits per heavy atom. The van der Waals surface area contributed by atoms with Crippen molar-refractivity contribution in [1.29, 1.82) is 0 Å². The molecule has 202 valence electrons. The van der Waals surface area contributed by atoms with Crippen LogP contribution in [0.15, 0.2) is 35.1 Å². The largest absolute Gasteiger partial charge is 0.508 e. The summed E-state index contributed by atoms with van der Waals surface area (Å²) in [5.41, 5.74) is 1.47. The van der Waals surface area contributed by atoms with E-state index in [1.54, 1.807) is 19.1 Å². The molecule has 1 fully saturated rings. The predicted octanol–water partition coefficient (Wildman–Crippen LogP) is -1.43. The summed E-state index contributed by atoms with van der Waals surface area (Å²) in [6, 6.07) is 3.13. The fourth-order valence-corrected chi connectivity index (χ4v) is 5.58. The van der Waals surface area contributed by atoms with Gasteiger partial charge in [0.05, 0.1) is 23.6 Å². The number of rotatable bonds is 2. The quantitative estimate of drug-likeness (QED) is 0.153. The summed E-state index contributed by atoms with van der Waals surface area (Å²) in [4.78, 5) is 61.5. The van der Waals surface area contributed by atoms with E-state index in [-0.39, 0.29) is 11.3 Å². The lowest BCUT2D eigenvalue weighted by molar-refractivity contribution is -0.169. The SMILES string of the molecule is C[C@H]1c2cccc(O)c2C(O)=C2C(=O)[C@]3(O)C(O)=C(C(N)=O)C(=O)[C@@H](N(C)C)[C@@H]3[C@@H](O)[C@@H]21.O=P(O)(O)O. The van der Waals surface area contributed by atoms with Crippen molar-refractivity contribution in [2.45, 2.75) is 30.6 Å². The number of phenolic OH excluding ortho intramolecular Hbond substituents is 1. The van der Waals surface area contributed by atoms with Gasteiger partial charge in [-0.1, -0.05) is 19.1 Å². The third-order valence-corrected chi connectivity index (χ3v) is 6.99. The average Bonchev–Trinajstić information content (AvgIpc) is 2.74. The topological polar surface area (TPSA) is 259 Å². The molecule has 0 aliphatic heterocycles. The number of aliphatic hydroxyl groups is 4. The minimum Gasteiger partial charge on any atom is -0.508 e. The van der Waals surface area contributed by atoms with E-state index in [1.165, 1.54) is 25.1 Å². The zero-order chi connectivity index (χ0) is 28.4. The normalized spacial score (nSPS) is 31.3. The van der Waals surface area contributed by atoms with Crippen LogP contribution in [-0.4, -0.2) is 94.4 Å². The second-order valence-corrected chi connectivity index (χ2v) is 10.3. The summed E-state index contributed by atoms with van der Waals surface area (Å²) in [6.45, 7) is 1.68. The van der Waals surface area contributed by atoms with Crippen LogP contribution in [0.1, 0.15) is 24.0 Å². The Bertz CT molecular complexity index is 1290. The molecule has 0 radical (unpaired) electrons. The molecule has 3 aliphatic carbocycles. The second-order valence-electron chi connectivity index (χ2n) is 9.30. The fraction of sp³-hybridized carbons (Fsp3) is 0.409. The Kier molecular flexibility index (Phi) is 7.18. The molecule has 1 amide bonds. The maximum absolute atomic E-state index is 13.7. The van der Waals surface area contributed by atoms with E-state index in [2.05, 4.69) is 0 Å². The maximum atomic E-state index is 13.7. The molecule has 3 aliphatic rings. The van der Waals surface area contributed by atoms with Crippen molar-refractivity contribution in [1.82, 2.24) is 4.90 Å². The number of primary amides is 1. The Balaban J connectivity index is 0.000000695. The molecule has 4 rings (SSSR count). The van der Waals surface area contributed by atoms with Crippen LogP contribution < -0.4 is 5.73 Å². The van der Waals surface area contributed by atoms with Crippen molar-refractivity contribution in [3.05, 3.63) is 46.2 Å². The smallest absolute Gasteiger partial charge is 0.466 e. The number of Topliss-reactive ketones (excluding diaryl/α,β-unsaturated/α-hetero) is 2. The molecule has 10 N–H and O–H groups in total. The minimum atomic E-state index is -4.64. The molecule has 0 bridgehead atoms. The monoisotopic (exact) mass is 542 g/mol. The Morgan fingerprint density at radius 1 is 1.11 bits per heavy atom. The number of amides is 1. The van der Waals surface area contributed by atoms with Crippen LogP contribution in [0.25, 0.3) is 5.76 Å². The number of carbonyl (C=O) groups is 3. The average molecular weight is 542 g/mol. The van der Waals surface area contributed by atoms with Gasteiger partial charge in [0.1, 0.15) is 22.8 Å². The molecule has 0 spiro atoms. The van der Waals surface area contributed by atoms with Gasteiger partial charge in [0, 0.05) is 11.5 Å². The Morgan fingerprint density at radius 3 is 2.14 bits per heavy atom. The molecule has 0 heterocycles. The van der Waals surface area contributed by atoms with Gasteiger partial charge in [-0.15, -0.1) is 0 Å². The zero-order valence-corrected chi connectivity index (χ0v) is 20.7. The first kappa shape index (κ1) is 28.5. The van der Waals surface area contributed by atoms with Crippen molar-refractivity contribution in [3.8, 4) is 5.75 Å². The van der Waals surface area contributed by atoms with Crippen LogP contribution >= 0.6 is 7.82 Å². The number of likely N-dealkylation sites (N-methyl/N-ethyl adjacent to an activating group) is 1. The fourth-order valence-electron chi connectivity index (χ4n) is 5.58. The Labute approximate surface area is 209 Å². The highest BCUT2D eigenvalue weighted by Crippen LogP contribution is 2.55. The van der Waals surface area contributed by atoms with E-state index in [4.69, 9.17) is 25.0 Å². The minimum absolute atomic E-state index is 0.0245. The van der Waals surface area contributed by atoms with Gasteiger partial charge in [-0.05, 0) is 31.6 Å². The lowest BCUT2D eigenvalue weighted by Crippen LogP contribution is -2.70. The van der Waals surface area contributed by atoms with Gasteiger partial charge >= 0.3 is 7.82 Å². The van der Waals surface area contributed by atoms with E-state index in [9.17, 15) is 39.9 Å². The van der Waals surface area contributed by atoms with Gasteiger partial charge in [0.25, 0.3) is 5.91 Å². The first-order valence-electron chi connectivity index (χ1n) is 10.8. The summed E-state index contributed by atoms with van der Waals surface area (Å²) >= 11 is 0. The van der Waals surface area contributed by atoms with Gasteiger partial charge < -0.3 is 45.9 Å². The second kappa shape index (κ2) is 9.33. The van der Waals surface area contributed by atoms with Crippen molar-refractivity contribution in [2.75, 3.05) is 14.1 Å². The molecular weight excluding hydrogens is 515 g/mol. The van der Waals surface area contributed by atoms with E-state index >= 15 is 0 Å². The number of hydrogen-bond donors (Lipinski definition) is 9. The van der Waals surface area contributed by atoms with Crippen molar-refractivity contribution in [3.63, 3.8) is 0 Å². The highest BCUT2D eigenvalue weighted by Gasteiger charge is 2.68. The number of nitrogens with zero attached hydrogens (tertiary/aromatic N) is 1. The zero-order valence-electron chi connectivity index (χ0n) is 19.8. The van der Waals surface area contributed by atoms with E-state index < -0.39 is 83.5 Å². The maximum Gasteiger partial charge on any atom is 0.466 e. The molecule has 0 saturated heterocycles. The van der Waals surface area contributed by atoms with Crippen molar-refractivity contribution >= 4 is 31.1 Å². The molecule has 14 nitrogen and oxygen atoms in total. The van der Waals surface area contributed by atoms with Gasteiger partial charge in [-0.2, -0.15) is 0 Å². The summed E-state index contributed by atoms with van der Waals surface area (Å²) in [7, 11) is -1.72. The third kappa shape index (κ3) is 4.36. The number of phenols is 1. The van der Waals surface area contributed by atoms with Crippen LogP contribution in [0.5, 0.6) is 5.75 Å². The number of carbonyl (C=O) groups excluding carboxylic acids is 3. The van der Waals surface area contributed by atoms with Crippen LogP contribution in [0.3, 0.4) is 0 Å². The van der Waals surface area contributed by atoms with Crippen LogP contribution in [0, 0.1) is 11.8 Å². The van der Waals surface area contributed by atoms with Gasteiger partial charge in [0.15, 0.2) is 11.4 Å². The van der Waals surface area contributed by atoms with Gasteiger partial charge in [-0.25, -0.2) is 4.57 Å². The van der Waals surface area contributed by atoms with E-state index in [0.717, 1.165) is 0 Å². The molecule has 37 heavy (non-hydrogen) atoms. The molecule has 0 unspecified atom stereocenters. The summed E-state index contributed by atoms with van der Waals surface area (Å²) in [6.07, 6.45) is -1.59. The number of fused-ring (bicyclic) bond motifs is 3. The standard InChI is InChI=1S/C22H24N2O8.H3O4P/c1-7-8-5-4-6-9(25)11(8)16(26)12-10(7)17(27)14-15(24(2)3)18(28)13(21(23)31)20(30)22(14,32)19(12)29;1-5(2,3)4/h4-7,10,14-15,17,25-27,30,32H,1-3H3,(H2,23,31);(H3,1,2,3,4)/t7-,10+,14+,15-,17-,22-;/m0./s1. The summed E-state index contributed by atoms with van der Waals surface area (Å²) < 4.78 is 8.88. The first-order valence-corrected chi connectivity index (χ1v) is 12.4. The van der Waals surface area contributed by atoms with E-state index in [1.807, 2.05) is 0 Å². The molecule has 1 aromatic rings. The molecule has 1 saturated carbocycles. The van der Waals surface area contributed by atoms with Gasteiger partial charge in [0.2, 0.25) is 5.78 Å². The molecule has 6 atom stereocenters. The molecule has 15 heteroatoms. The number of ketones is 2. The predicted molar refractivity (Wildman–Crippen MR) is 125 cm³/mol. The van der Waals surface area contributed by atoms with Crippen LogP contribution in [0.2, 0.25) is 0 Å². The molecule has 0 aromatic heterocycles. The van der Waals surface area contributed by atoms with Crippen LogP contribution in [0.4, 0.5) is 0 Å². The number of phosphoric acid groups is 1. The van der Waals surface area contributed by atoms with Gasteiger partial charge in [-0.3, -0.25) is 19.3 Å². The highest BCUT2D eigenvalue weighted by atomic mass is 31.2. The molecule has 1 aromatic carbocycles. The molecular formula is C22H27N2O12P. The van der Waals surface area contributed by atoms with Crippen molar-refractivity contribution < 1.29 is 59.2 Å². The number of benzene rings is 1. The van der Waals surface area contributed by atoms with Crippen LogP contribution in [-0.2, 0) is 18.9 Å². The number of nitrogens with two attached hydrogens (primary N) is 1. The summed E-state index contributed by atoms with van der Waals surface area (Å²) in [5, 5.41) is 54.9. The number of aromatic hydroxyl groups is 1. The Hall–Kier alpha value is -3.10. The first-order chi connectivity index (χ1) is 16.9. The summed E-state index contributed by atoms with van der Waals surface area (Å²) in [5.74, 6) is -8.87. The lowest BCUT2D eigenvalue weighted by atomic mass is 9.54. The van der Waals surface area contributed by atoms with E-state index in [0.29, 0.717) is 5.56 Å².